The molecule has 0 spiro atoms. The van der Waals surface area contributed by atoms with Crippen molar-refractivity contribution >= 4 is 16.0 Å². The largest absolute Gasteiger partial charge is 0.493 e. The highest BCUT2D eigenvalue weighted by Crippen LogP contribution is 2.48. The number of hydrogen-bond donors (Lipinski definition) is 1. The lowest BCUT2D eigenvalue weighted by molar-refractivity contribution is -0.137. The van der Waals surface area contributed by atoms with E-state index < -0.39 is 38.8 Å². The van der Waals surface area contributed by atoms with Crippen LogP contribution in [0.4, 0.5) is 27.9 Å². The number of anilines is 1. The van der Waals surface area contributed by atoms with Crippen molar-refractivity contribution in [2.24, 2.45) is 0 Å². The van der Waals surface area contributed by atoms with E-state index in [9.17, 15) is 30.4 Å². The molecule has 2 aromatic heterocycles. The van der Waals surface area contributed by atoms with E-state index in [1.54, 1.807) is 0 Å². The summed E-state index contributed by atoms with van der Waals surface area (Å²) in [5, 5.41) is 0. The van der Waals surface area contributed by atoms with Crippen molar-refractivity contribution in [3.05, 3.63) is 94.9 Å². The van der Waals surface area contributed by atoms with Gasteiger partial charge in [0.1, 0.15) is 11.6 Å². The third-order valence-electron chi connectivity index (χ3n) is 6.80. The highest BCUT2D eigenvalue weighted by molar-refractivity contribution is 7.92. The van der Waals surface area contributed by atoms with E-state index in [2.05, 4.69) is 19.7 Å². The summed E-state index contributed by atoms with van der Waals surface area (Å²) in [5.41, 5.74) is -0.427. The number of alkyl halides is 3. The van der Waals surface area contributed by atoms with Crippen LogP contribution in [0.3, 0.4) is 0 Å². The molecular formula is C27H21F5N4O3S. The summed E-state index contributed by atoms with van der Waals surface area (Å²) < 4.78 is 102. The summed E-state index contributed by atoms with van der Waals surface area (Å²) >= 11 is 0. The van der Waals surface area contributed by atoms with Crippen LogP contribution in [0.5, 0.6) is 5.75 Å². The normalized spacial score (nSPS) is 17.2. The smallest absolute Gasteiger partial charge is 0.416 e. The quantitative estimate of drug-likeness (QED) is 0.292. The minimum Gasteiger partial charge on any atom is -0.493 e. The Bertz CT molecular complexity index is 1710. The number of pyridine rings is 1. The van der Waals surface area contributed by atoms with Gasteiger partial charge in [-0.3, -0.25) is 4.98 Å². The van der Waals surface area contributed by atoms with Gasteiger partial charge >= 0.3 is 6.18 Å². The molecule has 0 radical (unpaired) electrons. The van der Waals surface area contributed by atoms with E-state index in [0.29, 0.717) is 17.5 Å². The zero-order valence-electron chi connectivity index (χ0n) is 21.1. The first-order chi connectivity index (χ1) is 18.8. The van der Waals surface area contributed by atoms with Gasteiger partial charge in [0, 0.05) is 22.6 Å². The second kappa shape index (κ2) is 9.81. The van der Waals surface area contributed by atoms with Crippen molar-refractivity contribution < 1.29 is 35.1 Å². The number of sulfonamides is 1. The van der Waals surface area contributed by atoms with Crippen LogP contribution in [0.25, 0.3) is 11.3 Å². The zero-order valence-corrected chi connectivity index (χ0v) is 21.9. The second-order valence-corrected chi connectivity index (χ2v) is 11.1. The Kier molecular flexibility index (Phi) is 6.73. The Morgan fingerprint density at radius 3 is 2.35 bits per heavy atom. The number of ether oxygens (including phenoxy) is 1. The Morgan fingerprint density at radius 1 is 0.975 bits per heavy atom. The maximum Gasteiger partial charge on any atom is 0.416 e. The van der Waals surface area contributed by atoms with Gasteiger partial charge in [-0.25, -0.2) is 31.9 Å². The maximum absolute atomic E-state index is 14.0. The van der Waals surface area contributed by atoms with Crippen LogP contribution in [0.15, 0.2) is 65.8 Å². The third-order valence-corrected chi connectivity index (χ3v) is 8.13. The van der Waals surface area contributed by atoms with Gasteiger partial charge in [0.05, 0.1) is 40.8 Å². The summed E-state index contributed by atoms with van der Waals surface area (Å²) in [6.45, 7) is 3.37. The first kappa shape index (κ1) is 27.4. The fraction of sp³-hybridized carbons (Fsp3) is 0.222. The van der Waals surface area contributed by atoms with Gasteiger partial charge in [0.2, 0.25) is 5.95 Å². The maximum atomic E-state index is 14.0. The van der Waals surface area contributed by atoms with Crippen LogP contribution in [0.2, 0.25) is 0 Å². The topological polar surface area (TPSA) is 94.1 Å². The van der Waals surface area contributed by atoms with Crippen molar-refractivity contribution in [2.45, 2.75) is 36.8 Å². The lowest BCUT2D eigenvalue weighted by Crippen LogP contribution is -2.32. The monoisotopic (exact) mass is 576 g/mol. The molecule has 0 bridgehead atoms. The average Bonchev–Trinajstić information content (AvgIpc) is 2.90. The number of aromatic nitrogens is 3. The van der Waals surface area contributed by atoms with Gasteiger partial charge in [-0.1, -0.05) is 19.1 Å². The molecule has 5 rings (SSSR count). The first-order valence-electron chi connectivity index (χ1n) is 11.9. The first-order valence-corrected chi connectivity index (χ1v) is 13.4. The van der Waals surface area contributed by atoms with E-state index in [1.807, 2.05) is 6.92 Å². The summed E-state index contributed by atoms with van der Waals surface area (Å²) in [7, 11) is -4.19. The SMILES string of the molecule is Cc1nc(-c2cc(C(F)(F)F)ccc2[C@]2(C)CCOc3cc(S(=O)(=O)Nc4ncc(F)cn4)ccc32)ccc1F. The molecule has 2 aromatic carbocycles. The molecule has 1 aliphatic rings. The van der Waals surface area contributed by atoms with Crippen molar-refractivity contribution in [1.82, 2.24) is 15.0 Å². The lowest BCUT2D eigenvalue weighted by atomic mass is 9.70. The molecule has 1 N–H and O–H groups in total. The molecule has 7 nitrogen and oxygen atoms in total. The van der Waals surface area contributed by atoms with Gasteiger partial charge in [-0.15, -0.1) is 0 Å². The number of aryl methyl sites for hydroxylation is 1. The molecule has 0 unspecified atom stereocenters. The van der Waals surface area contributed by atoms with Crippen LogP contribution < -0.4 is 9.46 Å². The number of halogens is 5. The minimum atomic E-state index is -4.62. The van der Waals surface area contributed by atoms with Gasteiger partial charge < -0.3 is 4.74 Å². The Hall–Kier alpha value is -4.13. The predicted octanol–water partition coefficient (Wildman–Crippen LogP) is 6.03. The summed E-state index contributed by atoms with van der Waals surface area (Å²) in [6.07, 6.45) is -2.65. The summed E-state index contributed by atoms with van der Waals surface area (Å²) in [5.74, 6) is -1.45. The molecule has 13 heteroatoms. The Morgan fingerprint density at radius 2 is 1.68 bits per heavy atom. The lowest BCUT2D eigenvalue weighted by Gasteiger charge is -2.38. The molecule has 0 saturated heterocycles. The Labute approximate surface area is 226 Å². The van der Waals surface area contributed by atoms with Gasteiger partial charge in [-0.2, -0.15) is 13.2 Å². The molecular weight excluding hydrogens is 555 g/mol. The fourth-order valence-corrected chi connectivity index (χ4v) is 5.65. The molecule has 40 heavy (non-hydrogen) atoms. The standard InChI is InChI=1S/C27H21F5N4O3S/c1-15-22(29)7-8-23(35-15)19-11-16(27(30,31)32)3-5-20(19)26(2)9-10-39-24-12-18(4-6-21(24)26)40(37,38)36-25-33-13-17(28)14-34-25/h3-8,11-14H,9-10H2,1-2H3,(H,33,34,36)/t26-/m0/s1. The number of nitrogens with zero attached hydrogens (tertiary/aromatic N) is 3. The molecule has 0 saturated carbocycles. The third kappa shape index (κ3) is 5.08. The molecule has 1 aliphatic heterocycles. The molecule has 3 heterocycles. The van der Waals surface area contributed by atoms with Crippen LogP contribution in [0.1, 0.15) is 35.7 Å². The number of benzene rings is 2. The summed E-state index contributed by atoms with van der Waals surface area (Å²) in [4.78, 5) is 11.2. The molecule has 0 fully saturated rings. The van der Waals surface area contributed by atoms with Gasteiger partial charge in [0.25, 0.3) is 10.0 Å². The average molecular weight is 577 g/mol. The molecule has 0 amide bonds. The van der Waals surface area contributed by atoms with E-state index in [4.69, 9.17) is 4.74 Å². The molecule has 0 aliphatic carbocycles. The van der Waals surface area contributed by atoms with Crippen LogP contribution >= 0.6 is 0 Å². The van der Waals surface area contributed by atoms with Crippen LogP contribution in [-0.2, 0) is 21.6 Å². The van der Waals surface area contributed by atoms with Crippen molar-refractivity contribution in [1.29, 1.82) is 0 Å². The molecule has 208 valence electrons. The van der Waals surface area contributed by atoms with E-state index >= 15 is 0 Å². The van der Waals surface area contributed by atoms with Crippen molar-refractivity contribution in [2.75, 3.05) is 11.3 Å². The predicted molar refractivity (Wildman–Crippen MR) is 135 cm³/mol. The van der Waals surface area contributed by atoms with E-state index in [1.165, 1.54) is 37.3 Å². The Balaban J connectivity index is 1.61. The second-order valence-electron chi connectivity index (χ2n) is 9.44. The zero-order chi connectivity index (χ0) is 28.9. The molecule has 4 aromatic rings. The molecule has 1 atom stereocenters. The van der Waals surface area contributed by atoms with E-state index in [0.717, 1.165) is 30.6 Å². The number of fused-ring (bicyclic) bond motifs is 1. The minimum absolute atomic E-state index is 0.0332. The van der Waals surface area contributed by atoms with Gasteiger partial charge in [-0.05, 0) is 49.2 Å². The highest BCUT2D eigenvalue weighted by atomic mass is 32.2. The number of rotatable bonds is 5. The summed E-state index contributed by atoms with van der Waals surface area (Å²) in [6, 6.07) is 9.94. The van der Waals surface area contributed by atoms with Gasteiger partial charge in [0.15, 0.2) is 5.82 Å². The fourth-order valence-electron chi connectivity index (χ4n) is 4.68. The van der Waals surface area contributed by atoms with Crippen LogP contribution in [-0.4, -0.2) is 30.0 Å². The number of nitrogens with one attached hydrogen (secondary N) is 1. The van der Waals surface area contributed by atoms with E-state index in [-0.39, 0.29) is 40.2 Å². The van der Waals surface area contributed by atoms with Crippen molar-refractivity contribution in [3.8, 4) is 17.0 Å². The number of hydrogen-bond acceptors (Lipinski definition) is 6. The van der Waals surface area contributed by atoms with Crippen molar-refractivity contribution in [3.63, 3.8) is 0 Å². The van der Waals surface area contributed by atoms with Crippen LogP contribution in [0, 0.1) is 18.6 Å². The highest BCUT2D eigenvalue weighted by Gasteiger charge is 2.39.